The van der Waals surface area contributed by atoms with Gasteiger partial charge >= 0.3 is 0 Å². The van der Waals surface area contributed by atoms with Gasteiger partial charge in [-0.15, -0.1) is 0 Å². The van der Waals surface area contributed by atoms with Crippen molar-refractivity contribution < 1.29 is 0 Å². The largest absolute Gasteiger partial charge is 0.326 e. The zero-order valence-corrected chi connectivity index (χ0v) is 12.1. The van der Waals surface area contributed by atoms with Crippen molar-refractivity contribution in [2.75, 3.05) is 0 Å². The topological polar surface area (TPSA) is 26.0 Å². The predicted octanol–water partition coefficient (Wildman–Crippen LogP) is 4.71. The summed E-state index contributed by atoms with van der Waals surface area (Å²) in [6, 6.07) is 14.0. The van der Waals surface area contributed by atoms with E-state index in [1.54, 1.807) is 11.8 Å². The van der Waals surface area contributed by atoms with E-state index in [1.165, 1.54) is 4.90 Å². The Kier molecular flexibility index (Phi) is 4.51. The minimum Gasteiger partial charge on any atom is -0.326 e. The summed E-state index contributed by atoms with van der Waals surface area (Å²) < 4.78 is 1.08. The highest BCUT2D eigenvalue weighted by atomic mass is 79.9. The Morgan fingerprint density at radius 2 is 1.82 bits per heavy atom. The number of nitrogens with two attached hydrogens (primary N) is 1. The molecule has 0 aromatic heterocycles. The van der Waals surface area contributed by atoms with Crippen LogP contribution in [0.25, 0.3) is 0 Å². The number of benzene rings is 2. The average Bonchev–Trinajstić information content (AvgIpc) is 2.32. The Balaban J connectivity index is 2.28. The summed E-state index contributed by atoms with van der Waals surface area (Å²) in [5.74, 6) is 0. The molecule has 0 fully saturated rings. The Morgan fingerprint density at radius 1 is 1.12 bits per heavy atom. The maximum absolute atomic E-state index is 6.00. The fraction of sp³-hybridized carbons (Fsp3) is 0.0769. The summed E-state index contributed by atoms with van der Waals surface area (Å²) in [4.78, 5) is 2.28. The van der Waals surface area contributed by atoms with E-state index in [2.05, 4.69) is 28.1 Å². The number of halogens is 2. The van der Waals surface area contributed by atoms with Crippen LogP contribution in [-0.2, 0) is 6.54 Å². The molecule has 0 aliphatic rings. The Hall–Kier alpha value is -0.480. The number of hydrogen-bond donors (Lipinski definition) is 1. The molecule has 0 atom stereocenters. The van der Waals surface area contributed by atoms with Crippen LogP contribution in [0.2, 0.25) is 5.02 Å². The van der Waals surface area contributed by atoms with Gasteiger partial charge in [0.15, 0.2) is 0 Å². The van der Waals surface area contributed by atoms with Gasteiger partial charge in [-0.3, -0.25) is 0 Å². The van der Waals surface area contributed by atoms with E-state index in [4.69, 9.17) is 17.3 Å². The van der Waals surface area contributed by atoms with Gasteiger partial charge in [-0.25, -0.2) is 0 Å². The number of hydrogen-bond acceptors (Lipinski definition) is 2. The van der Waals surface area contributed by atoms with Gasteiger partial charge in [-0.1, -0.05) is 45.4 Å². The maximum Gasteiger partial charge on any atom is 0.0417 e. The van der Waals surface area contributed by atoms with Gasteiger partial charge in [0.05, 0.1) is 0 Å². The van der Waals surface area contributed by atoms with E-state index in [9.17, 15) is 0 Å². The first-order valence-corrected chi connectivity index (χ1v) is 7.09. The molecule has 88 valence electrons. The lowest BCUT2D eigenvalue weighted by molar-refractivity contribution is 1.03. The highest BCUT2D eigenvalue weighted by molar-refractivity contribution is 9.10. The quantitative estimate of drug-likeness (QED) is 0.883. The minimum absolute atomic E-state index is 0.524. The van der Waals surface area contributed by atoms with Crippen molar-refractivity contribution in [3.63, 3.8) is 0 Å². The minimum atomic E-state index is 0.524. The molecule has 2 N–H and O–H groups in total. The second kappa shape index (κ2) is 5.91. The summed E-state index contributed by atoms with van der Waals surface area (Å²) in [5.41, 5.74) is 6.83. The van der Waals surface area contributed by atoms with Crippen molar-refractivity contribution >= 4 is 39.3 Å². The lowest BCUT2D eigenvalue weighted by Crippen LogP contribution is -1.97. The maximum atomic E-state index is 6.00. The van der Waals surface area contributed by atoms with E-state index in [1.807, 2.05) is 30.3 Å². The van der Waals surface area contributed by atoms with Crippen LogP contribution < -0.4 is 5.73 Å². The highest BCUT2D eigenvalue weighted by Gasteiger charge is 2.04. The van der Waals surface area contributed by atoms with E-state index < -0.39 is 0 Å². The zero-order valence-electron chi connectivity index (χ0n) is 8.99. The molecule has 0 bridgehead atoms. The molecule has 0 unspecified atom stereocenters. The molecule has 0 aliphatic carbocycles. The van der Waals surface area contributed by atoms with Gasteiger partial charge in [0.1, 0.15) is 0 Å². The smallest absolute Gasteiger partial charge is 0.0417 e. The molecule has 0 saturated heterocycles. The van der Waals surface area contributed by atoms with E-state index in [0.29, 0.717) is 6.54 Å². The van der Waals surface area contributed by atoms with Gasteiger partial charge in [-0.2, -0.15) is 0 Å². The first-order valence-electron chi connectivity index (χ1n) is 5.11. The van der Waals surface area contributed by atoms with Crippen molar-refractivity contribution in [3.8, 4) is 0 Å². The van der Waals surface area contributed by atoms with Crippen LogP contribution in [0.4, 0.5) is 0 Å². The van der Waals surface area contributed by atoms with Crippen LogP contribution in [0.5, 0.6) is 0 Å². The summed E-state index contributed by atoms with van der Waals surface area (Å²) >= 11 is 11.1. The molecular weight excluding hydrogens is 318 g/mol. The van der Waals surface area contributed by atoms with E-state index >= 15 is 0 Å². The van der Waals surface area contributed by atoms with Crippen molar-refractivity contribution in [2.45, 2.75) is 16.3 Å². The first-order chi connectivity index (χ1) is 8.19. The van der Waals surface area contributed by atoms with Gasteiger partial charge < -0.3 is 5.73 Å². The lowest BCUT2D eigenvalue weighted by atomic mass is 10.2. The summed E-state index contributed by atoms with van der Waals surface area (Å²) in [6.07, 6.45) is 0. The lowest BCUT2D eigenvalue weighted by Gasteiger charge is -2.08. The van der Waals surface area contributed by atoms with Gasteiger partial charge in [0.25, 0.3) is 0 Å². The number of rotatable bonds is 3. The molecule has 2 aromatic rings. The zero-order chi connectivity index (χ0) is 12.3. The third kappa shape index (κ3) is 3.49. The SMILES string of the molecule is NCc1ccc(Cl)cc1Sc1ccc(Br)cc1. The molecule has 0 spiro atoms. The van der Waals surface area contributed by atoms with Crippen molar-refractivity contribution in [3.05, 3.63) is 57.5 Å². The monoisotopic (exact) mass is 327 g/mol. The van der Waals surface area contributed by atoms with Crippen molar-refractivity contribution in [2.24, 2.45) is 5.73 Å². The van der Waals surface area contributed by atoms with Gasteiger partial charge in [-0.05, 0) is 42.0 Å². The third-order valence-electron chi connectivity index (χ3n) is 2.29. The Morgan fingerprint density at radius 3 is 2.47 bits per heavy atom. The van der Waals surface area contributed by atoms with Crippen molar-refractivity contribution in [1.29, 1.82) is 0 Å². The molecule has 0 aliphatic heterocycles. The Labute approximate surface area is 118 Å². The second-order valence-electron chi connectivity index (χ2n) is 3.51. The molecular formula is C13H11BrClNS. The summed E-state index contributed by atoms with van der Waals surface area (Å²) in [5, 5.41) is 0.738. The van der Waals surface area contributed by atoms with Crippen molar-refractivity contribution in [1.82, 2.24) is 0 Å². The van der Waals surface area contributed by atoms with Crippen LogP contribution in [0.3, 0.4) is 0 Å². The highest BCUT2D eigenvalue weighted by Crippen LogP contribution is 2.32. The molecule has 0 amide bonds. The molecule has 0 saturated carbocycles. The molecule has 17 heavy (non-hydrogen) atoms. The molecule has 0 heterocycles. The third-order valence-corrected chi connectivity index (χ3v) is 4.16. The van der Waals surface area contributed by atoms with Crippen LogP contribution in [-0.4, -0.2) is 0 Å². The van der Waals surface area contributed by atoms with Gasteiger partial charge in [0, 0.05) is 25.8 Å². The average molecular weight is 329 g/mol. The van der Waals surface area contributed by atoms with Crippen LogP contribution >= 0.6 is 39.3 Å². The summed E-state index contributed by atoms with van der Waals surface area (Å²) in [6.45, 7) is 0.524. The van der Waals surface area contributed by atoms with Crippen LogP contribution in [0, 0.1) is 0 Å². The second-order valence-corrected chi connectivity index (χ2v) is 5.98. The molecule has 1 nitrogen and oxygen atoms in total. The first kappa shape index (κ1) is 13.0. The molecule has 4 heteroatoms. The van der Waals surface area contributed by atoms with Crippen LogP contribution in [0.1, 0.15) is 5.56 Å². The molecule has 2 aromatic carbocycles. The fourth-order valence-electron chi connectivity index (χ4n) is 1.42. The van der Waals surface area contributed by atoms with Crippen LogP contribution in [0.15, 0.2) is 56.7 Å². The summed E-state index contributed by atoms with van der Waals surface area (Å²) in [7, 11) is 0. The predicted molar refractivity (Wildman–Crippen MR) is 77.6 cm³/mol. The van der Waals surface area contributed by atoms with E-state index in [-0.39, 0.29) is 0 Å². The molecule has 0 radical (unpaired) electrons. The normalized spacial score (nSPS) is 10.5. The van der Waals surface area contributed by atoms with Gasteiger partial charge in [0.2, 0.25) is 0 Å². The fourth-order valence-corrected chi connectivity index (χ4v) is 2.92. The molecule has 2 rings (SSSR count). The Bertz CT molecular complexity index is 513. The van der Waals surface area contributed by atoms with E-state index in [0.717, 1.165) is 20.0 Å². The standard InChI is InChI=1S/C13H11BrClNS/c14-10-2-5-12(6-3-10)17-13-7-11(15)4-1-9(13)8-16/h1-7H,8,16H2.